The molecule has 114 valence electrons. The number of nitrogens with one attached hydrogen (secondary N) is 1. The van der Waals surface area contributed by atoms with Crippen LogP contribution in [0, 0.1) is 5.41 Å². The predicted octanol–water partition coefficient (Wildman–Crippen LogP) is 2.59. The van der Waals surface area contributed by atoms with Gasteiger partial charge in [0.05, 0.1) is 10.7 Å². The molecule has 1 aliphatic heterocycles. The summed E-state index contributed by atoms with van der Waals surface area (Å²) < 4.78 is 27.9. The minimum atomic E-state index is -3.11. The van der Waals surface area contributed by atoms with Crippen LogP contribution in [0.5, 0.6) is 0 Å². The van der Waals surface area contributed by atoms with Gasteiger partial charge in [0.2, 0.25) is 0 Å². The second-order valence-electron chi connectivity index (χ2n) is 4.62. The first-order valence-electron chi connectivity index (χ1n) is 6.00. The van der Waals surface area contributed by atoms with Crippen LogP contribution in [0.1, 0.15) is 6.42 Å². The molecule has 0 aliphatic carbocycles. The Labute approximate surface area is 130 Å². The van der Waals surface area contributed by atoms with E-state index in [0.29, 0.717) is 5.02 Å². The van der Waals surface area contributed by atoms with Crippen molar-refractivity contribution in [1.29, 1.82) is 5.41 Å². The van der Waals surface area contributed by atoms with E-state index >= 15 is 0 Å². The smallest absolute Gasteiger partial charge is 0.276 e. The summed E-state index contributed by atoms with van der Waals surface area (Å²) in [5.74, 6) is -3.94. The lowest BCUT2D eigenvalue weighted by molar-refractivity contribution is -0.00144. The van der Waals surface area contributed by atoms with E-state index in [0.717, 1.165) is 4.90 Å². The second-order valence-corrected chi connectivity index (χ2v) is 5.47. The SMILES string of the molecule is N=C(N)N1CCC(F)(F)C1C(N)=Nc1ccc(Cl)cc1Cl. The van der Waals surface area contributed by atoms with Crippen LogP contribution in [0.4, 0.5) is 14.5 Å². The summed E-state index contributed by atoms with van der Waals surface area (Å²) in [6, 6.07) is 2.88. The Morgan fingerprint density at radius 1 is 1.38 bits per heavy atom. The van der Waals surface area contributed by atoms with Crippen molar-refractivity contribution >= 4 is 40.7 Å². The average Bonchev–Trinajstić information content (AvgIpc) is 2.68. The molecule has 0 radical (unpaired) electrons. The molecule has 1 saturated heterocycles. The zero-order chi connectivity index (χ0) is 15.8. The van der Waals surface area contributed by atoms with Gasteiger partial charge in [-0.1, -0.05) is 23.2 Å². The molecule has 5 nitrogen and oxygen atoms in total. The van der Waals surface area contributed by atoms with Gasteiger partial charge in [-0.25, -0.2) is 13.8 Å². The lowest BCUT2D eigenvalue weighted by Gasteiger charge is -2.27. The molecule has 0 bridgehead atoms. The lowest BCUT2D eigenvalue weighted by atomic mass is 10.1. The molecule has 21 heavy (non-hydrogen) atoms. The van der Waals surface area contributed by atoms with Crippen LogP contribution in [0.15, 0.2) is 23.2 Å². The highest BCUT2D eigenvalue weighted by atomic mass is 35.5. The van der Waals surface area contributed by atoms with Gasteiger partial charge in [0, 0.05) is 18.0 Å². The van der Waals surface area contributed by atoms with E-state index in [1.807, 2.05) is 0 Å². The molecule has 1 atom stereocenters. The zero-order valence-corrected chi connectivity index (χ0v) is 12.3. The summed E-state index contributed by atoms with van der Waals surface area (Å²) >= 11 is 11.7. The Bertz CT molecular complexity index is 605. The normalized spacial score (nSPS) is 21.6. The summed E-state index contributed by atoms with van der Waals surface area (Å²) in [7, 11) is 0. The Morgan fingerprint density at radius 2 is 2.05 bits per heavy atom. The molecule has 1 heterocycles. The van der Waals surface area contributed by atoms with Crippen LogP contribution in [-0.4, -0.2) is 35.2 Å². The first-order valence-corrected chi connectivity index (χ1v) is 6.75. The maximum Gasteiger partial charge on any atom is 0.276 e. The van der Waals surface area contributed by atoms with E-state index < -0.39 is 24.3 Å². The van der Waals surface area contributed by atoms with Crippen molar-refractivity contribution in [3.8, 4) is 0 Å². The zero-order valence-electron chi connectivity index (χ0n) is 10.8. The summed E-state index contributed by atoms with van der Waals surface area (Å²) in [6.07, 6.45) is -0.443. The monoisotopic (exact) mass is 335 g/mol. The fourth-order valence-electron chi connectivity index (χ4n) is 2.17. The number of halogens is 4. The van der Waals surface area contributed by atoms with E-state index in [-0.39, 0.29) is 23.1 Å². The molecule has 2 rings (SSSR count). The Morgan fingerprint density at radius 3 is 2.62 bits per heavy atom. The van der Waals surface area contributed by atoms with Crippen molar-refractivity contribution in [2.24, 2.45) is 16.5 Å². The molecule has 1 unspecified atom stereocenters. The molecule has 9 heteroatoms. The van der Waals surface area contributed by atoms with E-state index in [1.54, 1.807) is 0 Å². The minimum Gasteiger partial charge on any atom is -0.385 e. The number of alkyl halides is 2. The number of hydrogen-bond acceptors (Lipinski definition) is 2. The van der Waals surface area contributed by atoms with Crippen molar-refractivity contribution in [1.82, 2.24) is 4.90 Å². The van der Waals surface area contributed by atoms with Gasteiger partial charge in [-0.3, -0.25) is 5.41 Å². The van der Waals surface area contributed by atoms with Crippen molar-refractivity contribution < 1.29 is 8.78 Å². The summed E-state index contributed by atoms with van der Waals surface area (Å²) in [5.41, 5.74) is 11.2. The van der Waals surface area contributed by atoms with Crippen molar-refractivity contribution in [2.45, 2.75) is 18.4 Å². The topological polar surface area (TPSA) is 91.5 Å². The van der Waals surface area contributed by atoms with Gasteiger partial charge in [0.1, 0.15) is 5.84 Å². The van der Waals surface area contributed by atoms with E-state index in [2.05, 4.69) is 4.99 Å². The lowest BCUT2D eigenvalue weighted by Crippen LogP contribution is -2.52. The molecule has 0 spiro atoms. The van der Waals surface area contributed by atoms with E-state index in [1.165, 1.54) is 18.2 Å². The third kappa shape index (κ3) is 3.19. The molecule has 5 N–H and O–H groups in total. The quantitative estimate of drug-likeness (QED) is 0.573. The molecule has 0 aromatic heterocycles. The standard InChI is InChI=1S/C12H13Cl2F2N5/c13-6-1-2-8(7(14)5-6)20-10(17)9-12(15,16)3-4-21(9)11(18)19/h1-2,5,9H,3-4H2,(H2,17,20)(H3,18,19). The maximum atomic E-state index is 13.9. The van der Waals surface area contributed by atoms with Gasteiger partial charge in [-0.15, -0.1) is 0 Å². The predicted molar refractivity (Wildman–Crippen MR) is 79.7 cm³/mol. The van der Waals surface area contributed by atoms with Gasteiger partial charge in [-0.05, 0) is 18.2 Å². The Balaban J connectivity index is 2.38. The molecular weight excluding hydrogens is 323 g/mol. The third-order valence-corrected chi connectivity index (χ3v) is 3.68. The third-order valence-electron chi connectivity index (χ3n) is 3.15. The van der Waals surface area contributed by atoms with Gasteiger partial charge in [0.25, 0.3) is 5.92 Å². The van der Waals surface area contributed by atoms with Crippen molar-refractivity contribution in [3.63, 3.8) is 0 Å². The molecule has 1 fully saturated rings. The molecule has 1 aliphatic rings. The first-order chi connectivity index (χ1) is 9.72. The van der Waals surface area contributed by atoms with Gasteiger partial charge >= 0.3 is 0 Å². The van der Waals surface area contributed by atoms with Crippen molar-refractivity contribution in [2.75, 3.05) is 6.54 Å². The number of nitrogens with two attached hydrogens (primary N) is 2. The van der Waals surface area contributed by atoms with Gasteiger partial charge in [-0.2, -0.15) is 0 Å². The number of guanidine groups is 1. The summed E-state index contributed by atoms with van der Waals surface area (Å²) in [4.78, 5) is 4.96. The highest BCUT2D eigenvalue weighted by Crippen LogP contribution is 2.35. The van der Waals surface area contributed by atoms with Crippen LogP contribution in [0.3, 0.4) is 0 Å². The molecular formula is C12H13Cl2F2N5. The Hall–Kier alpha value is -1.60. The fourth-order valence-corrected chi connectivity index (χ4v) is 2.62. The number of hydrogen-bond donors (Lipinski definition) is 3. The van der Waals surface area contributed by atoms with Crippen LogP contribution in [-0.2, 0) is 0 Å². The highest BCUT2D eigenvalue weighted by molar-refractivity contribution is 6.36. The van der Waals surface area contributed by atoms with Gasteiger partial charge < -0.3 is 16.4 Å². The summed E-state index contributed by atoms with van der Waals surface area (Å²) in [5, 5.41) is 7.95. The second kappa shape index (κ2) is 5.65. The Kier molecular flexibility index (Phi) is 4.25. The highest BCUT2D eigenvalue weighted by Gasteiger charge is 2.51. The number of aliphatic imine (C=N–C) groups is 1. The van der Waals surface area contributed by atoms with Crippen LogP contribution < -0.4 is 11.5 Å². The molecule has 1 aromatic rings. The maximum absolute atomic E-state index is 13.9. The molecule has 0 amide bonds. The molecule has 1 aromatic carbocycles. The number of nitrogens with zero attached hydrogens (tertiary/aromatic N) is 2. The van der Waals surface area contributed by atoms with Crippen molar-refractivity contribution in [3.05, 3.63) is 28.2 Å². The van der Waals surface area contributed by atoms with Gasteiger partial charge in [0.15, 0.2) is 12.0 Å². The average molecular weight is 336 g/mol. The first kappa shape index (κ1) is 15.8. The van der Waals surface area contributed by atoms with Crippen LogP contribution in [0.25, 0.3) is 0 Å². The van der Waals surface area contributed by atoms with Crippen LogP contribution >= 0.6 is 23.2 Å². The minimum absolute atomic E-state index is 0.0580. The van der Waals surface area contributed by atoms with E-state index in [9.17, 15) is 8.78 Å². The number of benzene rings is 1. The number of amidine groups is 1. The fraction of sp³-hybridized carbons (Fsp3) is 0.333. The summed E-state index contributed by atoms with van der Waals surface area (Å²) in [6.45, 7) is -0.0580. The largest absolute Gasteiger partial charge is 0.385 e. The van der Waals surface area contributed by atoms with Crippen LogP contribution in [0.2, 0.25) is 10.0 Å². The molecule has 0 saturated carbocycles. The van der Waals surface area contributed by atoms with E-state index in [4.69, 9.17) is 40.1 Å². The number of rotatable bonds is 2. The number of likely N-dealkylation sites (tertiary alicyclic amines) is 1.